The summed E-state index contributed by atoms with van der Waals surface area (Å²) in [5.41, 5.74) is 0. The fourth-order valence-corrected chi connectivity index (χ4v) is 2.87. The SMILES string of the molecule is O=C1CCC(=O)N1OCCS(=O)(=O)CCON1C(=O)CCC1=O. The lowest BCUT2D eigenvalue weighted by molar-refractivity contribution is -0.186. The quantitative estimate of drug-likeness (QED) is 0.488. The first-order valence-corrected chi connectivity index (χ1v) is 8.80. The summed E-state index contributed by atoms with van der Waals surface area (Å²) in [6.45, 7) is -0.692. The van der Waals surface area contributed by atoms with Crippen molar-refractivity contribution in [3.05, 3.63) is 0 Å². The molecule has 2 heterocycles. The molecule has 0 aromatic carbocycles. The largest absolute Gasteiger partial charge is 0.272 e. The molecule has 0 saturated carbocycles. The Morgan fingerprint density at radius 1 is 0.696 bits per heavy atom. The summed E-state index contributed by atoms with van der Waals surface area (Å²) >= 11 is 0. The monoisotopic (exact) mass is 348 g/mol. The molecule has 10 nitrogen and oxygen atoms in total. The van der Waals surface area contributed by atoms with Gasteiger partial charge >= 0.3 is 0 Å². The topological polar surface area (TPSA) is 127 Å². The number of carbonyl (C=O) groups is 4. The highest BCUT2D eigenvalue weighted by atomic mass is 32.2. The number of amides is 4. The third kappa shape index (κ3) is 4.56. The van der Waals surface area contributed by atoms with Crippen LogP contribution in [0.15, 0.2) is 0 Å². The molecule has 0 unspecified atom stereocenters. The minimum atomic E-state index is -3.58. The minimum Gasteiger partial charge on any atom is -0.272 e. The zero-order valence-electron chi connectivity index (χ0n) is 12.2. The lowest BCUT2D eigenvalue weighted by Gasteiger charge is -2.14. The fraction of sp³-hybridized carbons (Fsp3) is 0.667. The number of sulfone groups is 1. The molecular weight excluding hydrogens is 332 g/mol. The molecule has 4 amide bonds. The van der Waals surface area contributed by atoms with E-state index in [4.69, 9.17) is 9.68 Å². The Labute approximate surface area is 132 Å². The molecule has 0 atom stereocenters. The zero-order chi connectivity index (χ0) is 17.0. The van der Waals surface area contributed by atoms with Gasteiger partial charge < -0.3 is 0 Å². The second kappa shape index (κ2) is 7.15. The molecule has 0 spiro atoms. The number of hydroxylamine groups is 4. The Morgan fingerprint density at radius 2 is 1.00 bits per heavy atom. The van der Waals surface area contributed by atoms with Crippen LogP contribution in [0.5, 0.6) is 0 Å². The molecule has 0 radical (unpaired) electrons. The van der Waals surface area contributed by atoms with Gasteiger partial charge in [0, 0.05) is 25.7 Å². The molecule has 0 bridgehead atoms. The van der Waals surface area contributed by atoms with E-state index in [0.717, 1.165) is 0 Å². The van der Waals surface area contributed by atoms with Crippen LogP contribution < -0.4 is 0 Å². The van der Waals surface area contributed by atoms with Crippen molar-refractivity contribution in [3.8, 4) is 0 Å². The molecule has 0 aromatic heterocycles. The van der Waals surface area contributed by atoms with Crippen LogP contribution >= 0.6 is 0 Å². The summed E-state index contributed by atoms with van der Waals surface area (Å²) in [5, 5.41) is 1.15. The van der Waals surface area contributed by atoms with Crippen LogP contribution in [0.4, 0.5) is 0 Å². The number of imide groups is 2. The van der Waals surface area contributed by atoms with Gasteiger partial charge in [-0.1, -0.05) is 0 Å². The van der Waals surface area contributed by atoms with Crippen LogP contribution in [0.25, 0.3) is 0 Å². The molecule has 0 N–H and O–H groups in total. The van der Waals surface area contributed by atoms with Crippen molar-refractivity contribution in [1.29, 1.82) is 0 Å². The fourth-order valence-electron chi connectivity index (χ4n) is 2.01. The summed E-state index contributed by atoms with van der Waals surface area (Å²) in [4.78, 5) is 54.8. The van der Waals surface area contributed by atoms with Crippen molar-refractivity contribution in [2.45, 2.75) is 25.7 Å². The first kappa shape index (κ1) is 17.5. The van der Waals surface area contributed by atoms with Crippen LogP contribution in [0, 0.1) is 0 Å². The van der Waals surface area contributed by atoms with Gasteiger partial charge in [-0.15, -0.1) is 0 Å². The van der Waals surface area contributed by atoms with Gasteiger partial charge in [0.25, 0.3) is 23.6 Å². The molecular formula is C12H16N2O8S. The highest BCUT2D eigenvalue weighted by Crippen LogP contribution is 2.13. The predicted octanol–water partition coefficient (Wildman–Crippen LogP) is -1.44. The molecule has 128 valence electrons. The highest BCUT2D eigenvalue weighted by Gasteiger charge is 2.31. The predicted molar refractivity (Wildman–Crippen MR) is 72.7 cm³/mol. The molecule has 2 fully saturated rings. The highest BCUT2D eigenvalue weighted by molar-refractivity contribution is 7.91. The van der Waals surface area contributed by atoms with Crippen molar-refractivity contribution in [2.75, 3.05) is 24.7 Å². The lowest BCUT2D eigenvalue weighted by Crippen LogP contribution is -2.33. The van der Waals surface area contributed by atoms with Gasteiger partial charge in [-0.25, -0.2) is 8.42 Å². The van der Waals surface area contributed by atoms with Crippen molar-refractivity contribution >= 4 is 33.5 Å². The third-order valence-corrected chi connectivity index (χ3v) is 4.82. The van der Waals surface area contributed by atoms with Crippen LogP contribution in [0.3, 0.4) is 0 Å². The average Bonchev–Trinajstić information content (AvgIpc) is 2.96. The van der Waals surface area contributed by atoms with E-state index in [-0.39, 0.29) is 38.9 Å². The molecule has 2 rings (SSSR count). The maximum Gasteiger partial charge on any atom is 0.253 e. The van der Waals surface area contributed by atoms with Crippen LogP contribution in [0.1, 0.15) is 25.7 Å². The molecule has 11 heteroatoms. The molecule has 2 aliphatic rings. The lowest BCUT2D eigenvalue weighted by atomic mass is 10.4. The van der Waals surface area contributed by atoms with Crippen molar-refractivity contribution in [3.63, 3.8) is 0 Å². The van der Waals surface area contributed by atoms with Gasteiger partial charge in [-0.3, -0.25) is 28.9 Å². The summed E-state index contributed by atoms with van der Waals surface area (Å²) < 4.78 is 23.5. The Morgan fingerprint density at radius 3 is 1.30 bits per heavy atom. The maximum atomic E-state index is 11.8. The van der Waals surface area contributed by atoms with Gasteiger partial charge in [0.15, 0.2) is 9.84 Å². The minimum absolute atomic E-state index is 0.0529. The normalized spacial score (nSPS) is 19.3. The van der Waals surface area contributed by atoms with Crippen molar-refractivity contribution in [2.24, 2.45) is 0 Å². The van der Waals surface area contributed by atoms with E-state index in [2.05, 4.69) is 0 Å². The Balaban J connectivity index is 1.70. The van der Waals surface area contributed by atoms with Gasteiger partial charge in [-0.2, -0.15) is 10.1 Å². The summed E-state index contributed by atoms with van der Waals surface area (Å²) in [5.74, 6) is -2.84. The molecule has 0 aliphatic carbocycles. The molecule has 2 aliphatic heterocycles. The van der Waals surface area contributed by atoms with Gasteiger partial charge in [-0.05, 0) is 0 Å². The van der Waals surface area contributed by atoms with Crippen LogP contribution in [-0.2, 0) is 38.7 Å². The Kier molecular flexibility index (Phi) is 5.44. The van der Waals surface area contributed by atoms with Gasteiger partial charge in [0.2, 0.25) is 0 Å². The van der Waals surface area contributed by atoms with E-state index in [1.807, 2.05) is 0 Å². The third-order valence-electron chi connectivity index (χ3n) is 3.24. The van der Waals surface area contributed by atoms with Crippen molar-refractivity contribution < 1.29 is 37.3 Å². The smallest absolute Gasteiger partial charge is 0.253 e. The molecule has 2 saturated heterocycles. The molecule has 23 heavy (non-hydrogen) atoms. The van der Waals surface area contributed by atoms with E-state index in [0.29, 0.717) is 10.1 Å². The van der Waals surface area contributed by atoms with Crippen LogP contribution in [-0.4, -0.2) is 66.9 Å². The standard InChI is InChI=1S/C12H16N2O8S/c15-9-1-2-10(16)13(9)21-5-7-23(19,20)8-6-22-14-11(17)3-4-12(14)18/h1-8H2. The van der Waals surface area contributed by atoms with E-state index in [1.54, 1.807) is 0 Å². The van der Waals surface area contributed by atoms with E-state index >= 15 is 0 Å². The first-order chi connectivity index (χ1) is 10.8. The first-order valence-electron chi connectivity index (χ1n) is 6.98. The van der Waals surface area contributed by atoms with E-state index in [9.17, 15) is 27.6 Å². The van der Waals surface area contributed by atoms with Crippen molar-refractivity contribution in [1.82, 2.24) is 10.1 Å². The summed E-state index contributed by atoms with van der Waals surface area (Å²) in [7, 11) is -3.58. The van der Waals surface area contributed by atoms with Gasteiger partial charge in [0.05, 0.1) is 24.7 Å². The molecule has 0 aromatic rings. The number of carbonyl (C=O) groups excluding carboxylic acids is 4. The average molecular weight is 348 g/mol. The Hall–Kier alpha value is -1.85. The second-order valence-electron chi connectivity index (χ2n) is 4.98. The number of nitrogens with zero attached hydrogens (tertiary/aromatic N) is 2. The van der Waals surface area contributed by atoms with E-state index < -0.39 is 45.0 Å². The number of hydrogen-bond acceptors (Lipinski definition) is 8. The maximum absolute atomic E-state index is 11.8. The summed E-state index contributed by atoms with van der Waals surface area (Å²) in [6, 6.07) is 0. The Bertz CT molecular complexity index is 549. The van der Waals surface area contributed by atoms with Gasteiger partial charge in [0.1, 0.15) is 0 Å². The number of rotatable bonds is 8. The zero-order valence-corrected chi connectivity index (χ0v) is 13.0. The van der Waals surface area contributed by atoms with Crippen LogP contribution in [0.2, 0.25) is 0 Å². The van der Waals surface area contributed by atoms with E-state index in [1.165, 1.54) is 0 Å². The number of hydrogen-bond donors (Lipinski definition) is 0. The summed E-state index contributed by atoms with van der Waals surface area (Å²) in [6.07, 6.45) is 0.212. The second-order valence-corrected chi connectivity index (χ2v) is 7.29.